The van der Waals surface area contributed by atoms with Gasteiger partial charge in [-0.1, -0.05) is 0 Å². The van der Waals surface area contributed by atoms with E-state index < -0.39 is 5.97 Å². The molecule has 0 fully saturated rings. The van der Waals surface area contributed by atoms with Crippen molar-refractivity contribution in [3.8, 4) is 0 Å². The monoisotopic (exact) mass is 153 g/mol. The van der Waals surface area contributed by atoms with E-state index in [0.29, 0.717) is 5.56 Å². The SMILES string of the molecule is CCn1cc(C)c(C(=O)O)c1. The molecule has 0 spiro atoms. The molecule has 0 saturated heterocycles. The summed E-state index contributed by atoms with van der Waals surface area (Å²) in [5, 5.41) is 8.66. The summed E-state index contributed by atoms with van der Waals surface area (Å²) in [7, 11) is 0. The van der Waals surface area contributed by atoms with Crippen LogP contribution in [0.25, 0.3) is 0 Å². The Balaban J connectivity index is 3.07. The summed E-state index contributed by atoms with van der Waals surface area (Å²) in [5.74, 6) is -0.852. The van der Waals surface area contributed by atoms with Crippen molar-refractivity contribution in [2.75, 3.05) is 0 Å². The topological polar surface area (TPSA) is 42.2 Å². The van der Waals surface area contributed by atoms with E-state index >= 15 is 0 Å². The third-order valence-corrected chi connectivity index (χ3v) is 1.67. The normalized spacial score (nSPS) is 10.0. The molecule has 0 unspecified atom stereocenters. The number of hydrogen-bond donors (Lipinski definition) is 1. The summed E-state index contributed by atoms with van der Waals surface area (Å²) in [5.41, 5.74) is 1.21. The Bertz CT molecular complexity index is 276. The zero-order valence-corrected chi connectivity index (χ0v) is 6.66. The Hall–Kier alpha value is -1.25. The van der Waals surface area contributed by atoms with Gasteiger partial charge in [0.1, 0.15) is 0 Å². The molecule has 0 aliphatic carbocycles. The quantitative estimate of drug-likeness (QED) is 0.699. The first kappa shape index (κ1) is 7.85. The van der Waals surface area contributed by atoms with Crippen LogP contribution in [0.2, 0.25) is 0 Å². The first-order chi connectivity index (χ1) is 5.15. The lowest BCUT2D eigenvalue weighted by Gasteiger charge is -1.91. The first-order valence-electron chi connectivity index (χ1n) is 3.54. The maximum absolute atomic E-state index is 10.5. The predicted octanol–water partition coefficient (Wildman–Crippen LogP) is 1.51. The lowest BCUT2D eigenvalue weighted by molar-refractivity contribution is 0.0696. The molecule has 1 N–H and O–H groups in total. The van der Waals surface area contributed by atoms with E-state index in [1.54, 1.807) is 13.1 Å². The van der Waals surface area contributed by atoms with Gasteiger partial charge in [-0.05, 0) is 19.4 Å². The van der Waals surface area contributed by atoms with Crippen molar-refractivity contribution in [3.05, 3.63) is 23.5 Å². The molecule has 60 valence electrons. The molecule has 3 heteroatoms. The van der Waals surface area contributed by atoms with Gasteiger partial charge in [-0.3, -0.25) is 0 Å². The predicted molar refractivity (Wildman–Crippen MR) is 41.8 cm³/mol. The van der Waals surface area contributed by atoms with Crippen molar-refractivity contribution in [2.45, 2.75) is 20.4 Å². The summed E-state index contributed by atoms with van der Waals surface area (Å²) in [6.07, 6.45) is 3.49. The van der Waals surface area contributed by atoms with E-state index in [0.717, 1.165) is 12.1 Å². The maximum atomic E-state index is 10.5. The van der Waals surface area contributed by atoms with Crippen molar-refractivity contribution in [1.29, 1.82) is 0 Å². The van der Waals surface area contributed by atoms with Crippen LogP contribution in [0, 0.1) is 6.92 Å². The average molecular weight is 153 g/mol. The molecule has 0 amide bonds. The highest BCUT2D eigenvalue weighted by molar-refractivity contribution is 5.89. The molecule has 0 radical (unpaired) electrons. The summed E-state index contributed by atoms with van der Waals surface area (Å²) in [6.45, 7) is 4.59. The molecule has 0 aromatic carbocycles. The largest absolute Gasteiger partial charge is 0.478 e. The molecule has 0 atom stereocenters. The molecular formula is C8H11NO2. The van der Waals surface area contributed by atoms with E-state index in [1.165, 1.54) is 0 Å². The lowest BCUT2D eigenvalue weighted by atomic mass is 10.2. The summed E-state index contributed by atoms with van der Waals surface area (Å²) < 4.78 is 1.86. The van der Waals surface area contributed by atoms with Crippen LogP contribution >= 0.6 is 0 Å². The fourth-order valence-electron chi connectivity index (χ4n) is 1.03. The van der Waals surface area contributed by atoms with Gasteiger partial charge in [-0.15, -0.1) is 0 Å². The highest BCUT2D eigenvalue weighted by Crippen LogP contribution is 2.08. The minimum atomic E-state index is -0.852. The third-order valence-electron chi connectivity index (χ3n) is 1.67. The van der Waals surface area contributed by atoms with Crippen LogP contribution in [0.5, 0.6) is 0 Å². The van der Waals surface area contributed by atoms with Crippen LogP contribution in [-0.4, -0.2) is 15.6 Å². The van der Waals surface area contributed by atoms with Crippen LogP contribution in [-0.2, 0) is 6.54 Å². The number of aryl methyl sites for hydroxylation is 2. The van der Waals surface area contributed by atoms with E-state index in [-0.39, 0.29) is 0 Å². The fraction of sp³-hybridized carbons (Fsp3) is 0.375. The standard InChI is InChI=1S/C8H11NO2/c1-3-9-4-6(2)7(5-9)8(10)11/h4-5H,3H2,1-2H3,(H,10,11). The minimum absolute atomic E-state index is 0.395. The van der Waals surface area contributed by atoms with E-state index in [9.17, 15) is 4.79 Å². The fourth-order valence-corrected chi connectivity index (χ4v) is 1.03. The number of nitrogens with zero attached hydrogens (tertiary/aromatic N) is 1. The zero-order valence-electron chi connectivity index (χ0n) is 6.66. The van der Waals surface area contributed by atoms with E-state index in [1.807, 2.05) is 17.7 Å². The van der Waals surface area contributed by atoms with Crippen LogP contribution in [0.15, 0.2) is 12.4 Å². The zero-order chi connectivity index (χ0) is 8.43. The summed E-state index contributed by atoms with van der Waals surface area (Å²) in [6, 6.07) is 0. The molecular weight excluding hydrogens is 142 g/mol. The second-order valence-corrected chi connectivity index (χ2v) is 2.49. The molecule has 1 aromatic rings. The molecule has 1 heterocycles. The smallest absolute Gasteiger partial charge is 0.337 e. The van der Waals surface area contributed by atoms with Crippen molar-refractivity contribution in [1.82, 2.24) is 4.57 Å². The van der Waals surface area contributed by atoms with Gasteiger partial charge in [0, 0.05) is 18.9 Å². The summed E-state index contributed by atoms with van der Waals surface area (Å²) >= 11 is 0. The van der Waals surface area contributed by atoms with Crippen molar-refractivity contribution in [2.24, 2.45) is 0 Å². The molecule has 1 rings (SSSR count). The van der Waals surface area contributed by atoms with Gasteiger partial charge in [0.05, 0.1) is 5.56 Å². The summed E-state index contributed by atoms with van der Waals surface area (Å²) in [4.78, 5) is 10.5. The number of aromatic nitrogens is 1. The Morgan fingerprint density at radius 1 is 1.64 bits per heavy atom. The van der Waals surface area contributed by atoms with E-state index in [4.69, 9.17) is 5.11 Å². The molecule has 0 saturated carbocycles. The average Bonchev–Trinajstić information content (AvgIpc) is 2.30. The first-order valence-corrected chi connectivity index (χ1v) is 3.54. The molecule has 3 nitrogen and oxygen atoms in total. The second-order valence-electron chi connectivity index (χ2n) is 2.49. The third kappa shape index (κ3) is 1.42. The lowest BCUT2D eigenvalue weighted by Crippen LogP contribution is -1.95. The number of aromatic carboxylic acids is 1. The van der Waals surface area contributed by atoms with Crippen LogP contribution in [0.4, 0.5) is 0 Å². The van der Waals surface area contributed by atoms with Crippen LogP contribution < -0.4 is 0 Å². The number of rotatable bonds is 2. The highest BCUT2D eigenvalue weighted by atomic mass is 16.4. The Morgan fingerprint density at radius 3 is 2.55 bits per heavy atom. The highest BCUT2D eigenvalue weighted by Gasteiger charge is 2.08. The van der Waals surface area contributed by atoms with Gasteiger partial charge >= 0.3 is 5.97 Å². The maximum Gasteiger partial charge on any atom is 0.337 e. The van der Waals surface area contributed by atoms with Crippen LogP contribution in [0.3, 0.4) is 0 Å². The van der Waals surface area contributed by atoms with Crippen molar-refractivity contribution in [3.63, 3.8) is 0 Å². The Kier molecular flexibility index (Phi) is 1.98. The second kappa shape index (κ2) is 2.78. The van der Waals surface area contributed by atoms with Gasteiger partial charge in [0.2, 0.25) is 0 Å². The van der Waals surface area contributed by atoms with E-state index in [2.05, 4.69) is 0 Å². The molecule has 0 bridgehead atoms. The van der Waals surface area contributed by atoms with Crippen molar-refractivity contribution >= 4 is 5.97 Å². The Labute approximate surface area is 65.3 Å². The minimum Gasteiger partial charge on any atom is -0.478 e. The van der Waals surface area contributed by atoms with Gasteiger partial charge in [0.15, 0.2) is 0 Å². The Morgan fingerprint density at radius 2 is 2.27 bits per heavy atom. The van der Waals surface area contributed by atoms with Crippen LogP contribution in [0.1, 0.15) is 22.8 Å². The van der Waals surface area contributed by atoms with Gasteiger partial charge < -0.3 is 9.67 Å². The molecule has 0 aliphatic rings. The van der Waals surface area contributed by atoms with Crippen molar-refractivity contribution < 1.29 is 9.90 Å². The molecule has 0 aliphatic heterocycles. The number of carboxylic acids is 1. The number of carbonyl (C=O) groups is 1. The van der Waals surface area contributed by atoms with Gasteiger partial charge in [0.25, 0.3) is 0 Å². The van der Waals surface area contributed by atoms with Gasteiger partial charge in [-0.25, -0.2) is 4.79 Å². The van der Waals surface area contributed by atoms with Gasteiger partial charge in [-0.2, -0.15) is 0 Å². The number of hydrogen-bond acceptors (Lipinski definition) is 1. The molecule has 11 heavy (non-hydrogen) atoms. The number of carboxylic acid groups (broad SMARTS) is 1. The molecule has 1 aromatic heterocycles.